The van der Waals surface area contributed by atoms with Crippen molar-refractivity contribution in [1.82, 2.24) is 15.1 Å². The second-order valence-electron chi connectivity index (χ2n) is 3.97. The van der Waals surface area contributed by atoms with E-state index < -0.39 is 0 Å². The Labute approximate surface area is 106 Å². The first-order chi connectivity index (χ1) is 8.70. The summed E-state index contributed by atoms with van der Waals surface area (Å²) in [6, 6.07) is 1.82. The molecule has 0 unspecified atom stereocenters. The minimum atomic E-state index is 0.583. The Balaban J connectivity index is 2.16. The van der Waals surface area contributed by atoms with Gasteiger partial charge in [-0.15, -0.1) is 0 Å². The topological polar surface area (TPSA) is 75.9 Å². The Bertz CT molecular complexity index is 509. The summed E-state index contributed by atoms with van der Waals surface area (Å²) in [4.78, 5) is 8.77. The van der Waals surface area contributed by atoms with Crippen molar-refractivity contribution in [2.75, 3.05) is 17.2 Å². The summed E-state index contributed by atoms with van der Waals surface area (Å²) in [5.41, 5.74) is 1.85. The van der Waals surface area contributed by atoms with E-state index in [9.17, 15) is 0 Å². The van der Waals surface area contributed by atoms with Crippen LogP contribution in [0, 0.1) is 13.8 Å². The lowest BCUT2D eigenvalue weighted by molar-refractivity contribution is 0.412. The van der Waals surface area contributed by atoms with Crippen LogP contribution in [0.1, 0.15) is 24.0 Å². The Morgan fingerprint density at radius 2 is 1.89 bits per heavy atom. The third kappa shape index (κ3) is 2.77. The number of hydrogen-bond acceptors (Lipinski definition) is 6. The van der Waals surface area contributed by atoms with Gasteiger partial charge < -0.3 is 15.2 Å². The van der Waals surface area contributed by atoms with Gasteiger partial charge in [0, 0.05) is 18.2 Å². The lowest BCUT2D eigenvalue weighted by atomic mass is 10.3. The van der Waals surface area contributed by atoms with Crippen LogP contribution in [0.5, 0.6) is 0 Å². The second kappa shape index (κ2) is 5.48. The molecular weight excluding hydrogens is 230 g/mol. The van der Waals surface area contributed by atoms with Crippen molar-refractivity contribution in [3.8, 4) is 0 Å². The van der Waals surface area contributed by atoms with Crippen LogP contribution >= 0.6 is 0 Å². The van der Waals surface area contributed by atoms with E-state index in [-0.39, 0.29) is 0 Å². The van der Waals surface area contributed by atoms with E-state index in [0.717, 1.165) is 35.3 Å². The normalized spacial score (nSPS) is 10.4. The molecule has 96 valence electrons. The molecule has 0 fully saturated rings. The van der Waals surface area contributed by atoms with Gasteiger partial charge in [-0.2, -0.15) is 0 Å². The molecule has 2 aromatic rings. The quantitative estimate of drug-likeness (QED) is 0.843. The molecule has 2 heterocycles. The van der Waals surface area contributed by atoms with Crippen LogP contribution in [0.15, 0.2) is 16.9 Å². The standard InChI is InChI=1S/C12H17N5O/c1-4-13-11-8(2)12(16-9(3)15-11)14-7-10-5-6-18-17-10/h5-6H,4,7H2,1-3H3,(H2,13,14,15,16). The van der Waals surface area contributed by atoms with Crippen LogP contribution in [0.25, 0.3) is 0 Å². The zero-order chi connectivity index (χ0) is 13.0. The summed E-state index contributed by atoms with van der Waals surface area (Å²) < 4.78 is 4.78. The number of aryl methyl sites for hydroxylation is 1. The molecule has 6 heteroatoms. The second-order valence-corrected chi connectivity index (χ2v) is 3.97. The maximum absolute atomic E-state index is 4.78. The molecule has 0 atom stereocenters. The number of hydrogen-bond donors (Lipinski definition) is 2. The van der Waals surface area contributed by atoms with E-state index in [2.05, 4.69) is 25.8 Å². The third-order valence-corrected chi connectivity index (χ3v) is 2.53. The van der Waals surface area contributed by atoms with Crippen molar-refractivity contribution in [2.24, 2.45) is 0 Å². The fourth-order valence-corrected chi connectivity index (χ4v) is 1.64. The van der Waals surface area contributed by atoms with Gasteiger partial charge in [-0.05, 0) is 20.8 Å². The van der Waals surface area contributed by atoms with Crippen molar-refractivity contribution >= 4 is 11.6 Å². The largest absolute Gasteiger partial charge is 0.370 e. The number of aromatic nitrogens is 3. The first-order valence-electron chi connectivity index (χ1n) is 5.93. The maximum atomic E-state index is 4.78. The summed E-state index contributed by atoms with van der Waals surface area (Å²) in [5.74, 6) is 2.42. The Kier molecular flexibility index (Phi) is 3.76. The molecule has 0 aliphatic heterocycles. The van der Waals surface area contributed by atoms with Gasteiger partial charge in [0.05, 0.1) is 6.54 Å². The van der Waals surface area contributed by atoms with Crippen molar-refractivity contribution in [3.63, 3.8) is 0 Å². The van der Waals surface area contributed by atoms with Gasteiger partial charge in [-0.1, -0.05) is 5.16 Å². The van der Waals surface area contributed by atoms with Crippen LogP contribution in [-0.2, 0) is 6.54 Å². The predicted molar refractivity (Wildman–Crippen MR) is 69.5 cm³/mol. The van der Waals surface area contributed by atoms with E-state index in [1.165, 1.54) is 0 Å². The van der Waals surface area contributed by atoms with Gasteiger partial charge in [0.1, 0.15) is 29.4 Å². The first-order valence-corrected chi connectivity index (χ1v) is 5.93. The highest BCUT2D eigenvalue weighted by molar-refractivity contribution is 5.57. The van der Waals surface area contributed by atoms with Gasteiger partial charge in [0.2, 0.25) is 0 Å². The Hall–Kier alpha value is -2.11. The zero-order valence-corrected chi connectivity index (χ0v) is 10.8. The minimum Gasteiger partial charge on any atom is -0.370 e. The highest BCUT2D eigenvalue weighted by atomic mass is 16.5. The average Bonchev–Trinajstić information content (AvgIpc) is 2.85. The van der Waals surface area contributed by atoms with Crippen LogP contribution in [0.4, 0.5) is 11.6 Å². The highest BCUT2D eigenvalue weighted by Crippen LogP contribution is 2.20. The number of nitrogens with one attached hydrogen (secondary N) is 2. The van der Waals surface area contributed by atoms with E-state index in [4.69, 9.17) is 4.52 Å². The lowest BCUT2D eigenvalue weighted by Crippen LogP contribution is -2.10. The summed E-state index contributed by atoms with van der Waals surface area (Å²) >= 11 is 0. The van der Waals surface area contributed by atoms with Crippen LogP contribution < -0.4 is 10.6 Å². The molecule has 0 radical (unpaired) electrons. The molecule has 18 heavy (non-hydrogen) atoms. The van der Waals surface area contributed by atoms with E-state index in [1.807, 2.05) is 26.8 Å². The van der Waals surface area contributed by atoms with Gasteiger partial charge >= 0.3 is 0 Å². The fourth-order valence-electron chi connectivity index (χ4n) is 1.64. The third-order valence-electron chi connectivity index (χ3n) is 2.53. The van der Waals surface area contributed by atoms with Crippen LogP contribution in [-0.4, -0.2) is 21.7 Å². The monoisotopic (exact) mass is 247 g/mol. The van der Waals surface area contributed by atoms with E-state index in [1.54, 1.807) is 6.26 Å². The minimum absolute atomic E-state index is 0.583. The average molecular weight is 247 g/mol. The van der Waals surface area contributed by atoms with Crippen LogP contribution in [0.2, 0.25) is 0 Å². The van der Waals surface area contributed by atoms with E-state index in [0.29, 0.717) is 6.54 Å². The molecule has 0 spiro atoms. The first kappa shape index (κ1) is 12.3. The molecule has 6 nitrogen and oxygen atoms in total. The number of nitrogens with zero attached hydrogens (tertiary/aromatic N) is 3. The van der Waals surface area contributed by atoms with Crippen molar-refractivity contribution in [2.45, 2.75) is 27.3 Å². The lowest BCUT2D eigenvalue weighted by Gasteiger charge is -2.12. The summed E-state index contributed by atoms with van der Waals surface area (Å²) in [7, 11) is 0. The molecule has 0 aromatic carbocycles. The molecule has 0 saturated carbocycles. The Morgan fingerprint density at radius 1 is 1.17 bits per heavy atom. The maximum Gasteiger partial charge on any atom is 0.135 e. The van der Waals surface area contributed by atoms with Crippen LogP contribution in [0.3, 0.4) is 0 Å². The predicted octanol–water partition coefficient (Wildman–Crippen LogP) is 2.13. The molecule has 0 amide bonds. The molecule has 2 rings (SSSR count). The fraction of sp³-hybridized carbons (Fsp3) is 0.417. The highest BCUT2D eigenvalue weighted by Gasteiger charge is 2.08. The molecule has 2 N–H and O–H groups in total. The van der Waals surface area contributed by atoms with E-state index >= 15 is 0 Å². The summed E-state index contributed by atoms with van der Waals surface area (Å²) in [6.45, 7) is 7.32. The van der Waals surface area contributed by atoms with Gasteiger partial charge in [0.25, 0.3) is 0 Å². The van der Waals surface area contributed by atoms with Gasteiger partial charge in [0.15, 0.2) is 0 Å². The number of rotatable bonds is 5. The van der Waals surface area contributed by atoms with Gasteiger partial charge in [-0.25, -0.2) is 9.97 Å². The molecule has 0 saturated heterocycles. The number of anilines is 2. The smallest absolute Gasteiger partial charge is 0.135 e. The Morgan fingerprint density at radius 3 is 2.50 bits per heavy atom. The van der Waals surface area contributed by atoms with Crippen molar-refractivity contribution < 1.29 is 4.52 Å². The van der Waals surface area contributed by atoms with Gasteiger partial charge in [-0.3, -0.25) is 0 Å². The SMILES string of the molecule is CCNc1nc(C)nc(NCc2ccon2)c1C. The van der Waals surface area contributed by atoms with Crippen molar-refractivity contribution in [3.05, 3.63) is 29.4 Å². The molecule has 0 aliphatic rings. The zero-order valence-electron chi connectivity index (χ0n) is 10.8. The molecule has 0 bridgehead atoms. The van der Waals surface area contributed by atoms with Crippen molar-refractivity contribution in [1.29, 1.82) is 0 Å². The summed E-state index contributed by atoms with van der Waals surface area (Å²) in [5, 5.41) is 10.3. The molecule has 0 aliphatic carbocycles. The molecule has 2 aromatic heterocycles. The molecular formula is C12H17N5O. The summed E-state index contributed by atoms with van der Waals surface area (Å²) in [6.07, 6.45) is 1.55.